The molecule has 2 amide bonds. The number of hydrogen-bond donors (Lipinski definition) is 2. The number of benzene rings is 2. The first-order valence-electron chi connectivity index (χ1n) is 11.4. The Balaban J connectivity index is 1.90. The molecule has 3 aromatic rings. The quantitative estimate of drug-likeness (QED) is 0.384. The fraction of sp³-hybridized carbons (Fsp3) is 0.320. The first-order valence-corrected chi connectivity index (χ1v) is 14.9. The number of amides is 2. The van der Waals surface area contributed by atoms with Gasteiger partial charge in [-0.3, -0.25) is 14.4 Å². The van der Waals surface area contributed by atoms with Gasteiger partial charge in [-0.2, -0.15) is 5.16 Å². The van der Waals surface area contributed by atoms with Crippen LogP contribution in [0.25, 0.3) is 0 Å². The Bertz CT molecular complexity index is 1300. The summed E-state index contributed by atoms with van der Waals surface area (Å²) >= 11 is 0. The Labute approximate surface area is 212 Å². The topological polar surface area (TPSA) is 105 Å². The number of likely N-dealkylation sites (N-methyl/N-ethyl adjacent to an activating group) is 1. The number of nitrogens with zero attached hydrogens (tertiary/aromatic N) is 1. The van der Waals surface area contributed by atoms with Gasteiger partial charge in [0, 0.05) is 7.05 Å². The first kappa shape index (κ1) is 27.9. The van der Waals surface area contributed by atoms with Gasteiger partial charge in [0.05, 0.1) is 26.4 Å². The Kier molecular flexibility index (Phi) is 8.76. The second kappa shape index (κ2) is 11.6. The number of aromatic amines is 1. The molecule has 1 atom stereocenters. The molecule has 1 heterocycles. The maximum absolute atomic E-state index is 14.9. The number of halogens is 3. The summed E-state index contributed by atoms with van der Waals surface area (Å²) in [6, 6.07) is 10.5. The monoisotopic (exact) mass is 535 g/mol. The smallest absolute Gasteiger partial charge is 0.293 e. The average molecular weight is 536 g/mol. The van der Waals surface area contributed by atoms with E-state index in [-0.39, 0.29) is 18.1 Å². The predicted molar refractivity (Wildman–Crippen MR) is 134 cm³/mol. The second-order valence-electron chi connectivity index (χ2n) is 9.48. The molecule has 2 aromatic carbocycles. The maximum atomic E-state index is 14.9. The van der Waals surface area contributed by atoms with E-state index in [4.69, 9.17) is 9.26 Å². The molecule has 198 valence electrons. The molecule has 0 aliphatic rings. The molecular formula is C25H28F3N3O5Si. The lowest BCUT2D eigenvalue weighted by molar-refractivity contribution is -0.120. The van der Waals surface area contributed by atoms with Gasteiger partial charge in [0.25, 0.3) is 23.8 Å². The van der Waals surface area contributed by atoms with Crippen molar-refractivity contribution in [2.24, 2.45) is 0 Å². The number of H-pyrrole nitrogens is 1. The minimum absolute atomic E-state index is 0.0527. The number of nitrogens with one attached hydrogen (secondary N) is 2. The molecule has 12 heteroatoms. The fourth-order valence-electron chi connectivity index (χ4n) is 3.58. The van der Waals surface area contributed by atoms with E-state index in [2.05, 4.69) is 25.0 Å². The van der Waals surface area contributed by atoms with E-state index in [9.17, 15) is 27.6 Å². The molecular weight excluding hydrogens is 507 g/mol. The Morgan fingerprint density at radius 3 is 2.32 bits per heavy atom. The summed E-state index contributed by atoms with van der Waals surface area (Å²) in [4.78, 5) is 38.8. The van der Waals surface area contributed by atoms with Crippen LogP contribution in [0.2, 0.25) is 19.6 Å². The highest BCUT2D eigenvalue weighted by atomic mass is 28.3. The lowest BCUT2D eigenvalue weighted by Gasteiger charge is -2.27. The van der Waals surface area contributed by atoms with Gasteiger partial charge < -0.3 is 19.5 Å². The average Bonchev–Trinajstić information content (AvgIpc) is 3.26. The van der Waals surface area contributed by atoms with Crippen LogP contribution >= 0.6 is 0 Å². The van der Waals surface area contributed by atoms with E-state index in [1.807, 2.05) is 5.16 Å². The van der Waals surface area contributed by atoms with Gasteiger partial charge in [-0.05, 0) is 23.3 Å². The molecule has 3 rings (SSSR count). The highest BCUT2D eigenvalue weighted by molar-refractivity contribution is 6.88. The van der Waals surface area contributed by atoms with Crippen LogP contribution in [0.4, 0.5) is 18.9 Å². The van der Waals surface area contributed by atoms with E-state index in [1.165, 1.54) is 31.3 Å². The van der Waals surface area contributed by atoms with Crippen molar-refractivity contribution in [2.45, 2.75) is 38.7 Å². The number of carbonyl (C=O) groups is 2. The number of ether oxygens (including phenoxy) is 1. The molecule has 0 saturated carbocycles. The normalized spacial score (nSPS) is 12.4. The summed E-state index contributed by atoms with van der Waals surface area (Å²) in [5, 5.41) is 5.43. The highest BCUT2D eigenvalue weighted by Crippen LogP contribution is 2.25. The number of hydrogen-bond acceptors (Lipinski definition) is 5. The van der Waals surface area contributed by atoms with E-state index >= 15 is 0 Å². The van der Waals surface area contributed by atoms with Crippen LogP contribution in [-0.2, 0) is 16.1 Å². The fourth-order valence-corrected chi connectivity index (χ4v) is 4.72. The molecule has 37 heavy (non-hydrogen) atoms. The number of carbonyl (C=O) groups excluding carboxylic acids is 2. The van der Waals surface area contributed by atoms with Crippen LogP contribution < -0.4 is 16.1 Å². The summed E-state index contributed by atoms with van der Waals surface area (Å²) in [6.07, 6.45) is -2.60. The first-order chi connectivity index (χ1) is 17.4. The molecule has 8 nitrogen and oxygen atoms in total. The zero-order valence-corrected chi connectivity index (χ0v) is 21.8. The minimum atomic E-state index is -2.60. The van der Waals surface area contributed by atoms with Gasteiger partial charge in [0.1, 0.15) is 18.5 Å². The van der Waals surface area contributed by atoms with Crippen molar-refractivity contribution in [3.05, 3.63) is 81.6 Å². The largest absolute Gasteiger partial charge is 0.373 e. The molecule has 0 aliphatic carbocycles. The third-order valence-electron chi connectivity index (χ3n) is 5.59. The molecule has 1 unspecified atom stereocenters. The third-order valence-corrected chi connectivity index (χ3v) is 7.63. The van der Waals surface area contributed by atoms with Gasteiger partial charge in [0.2, 0.25) is 5.76 Å². The minimum Gasteiger partial charge on any atom is -0.373 e. The van der Waals surface area contributed by atoms with E-state index in [1.54, 1.807) is 18.2 Å². The van der Waals surface area contributed by atoms with Crippen molar-refractivity contribution < 1.29 is 32.0 Å². The number of aromatic nitrogens is 1. The highest BCUT2D eigenvalue weighted by Gasteiger charge is 2.32. The van der Waals surface area contributed by atoms with Gasteiger partial charge in [-0.25, -0.2) is 13.2 Å². The zero-order chi connectivity index (χ0) is 27.3. The molecule has 0 fully saturated rings. The molecule has 0 spiro atoms. The molecule has 1 aromatic heterocycles. The van der Waals surface area contributed by atoms with Gasteiger partial charge in [-0.15, -0.1) is 0 Å². The van der Waals surface area contributed by atoms with Crippen LogP contribution in [0.1, 0.15) is 27.7 Å². The standard InChI is InChI=1S/C25H28F3N3O5Si/c1-31(25(34)20-12-22(32)30-36-20)23(16-7-5-15(6-8-16)13-35-14-21(27)28)24(33)29-19-10-9-17(11-18(19)26)37(2,3)4/h5-12,21,23H,13-14H2,1-4H3,(H,29,33)(H,30,32). The van der Waals surface area contributed by atoms with Crippen LogP contribution in [0.5, 0.6) is 0 Å². The number of alkyl halides is 2. The van der Waals surface area contributed by atoms with Gasteiger partial charge in [-0.1, -0.05) is 55.2 Å². The van der Waals surface area contributed by atoms with Crippen molar-refractivity contribution in [2.75, 3.05) is 19.0 Å². The lowest BCUT2D eigenvalue weighted by Crippen LogP contribution is -2.39. The van der Waals surface area contributed by atoms with Crippen molar-refractivity contribution in [3.8, 4) is 0 Å². The number of rotatable bonds is 10. The number of anilines is 1. The molecule has 0 bridgehead atoms. The molecule has 0 radical (unpaired) electrons. The summed E-state index contributed by atoms with van der Waals surface area (Å²) < 4.78 is 49.3. The zero-order valence-electron chi connectivity index (χ0n) is 20.8. The Hall–Kier alpha value is -3.64. The van der Waals surface area contributed by atoms with Crippen molar-refractivity contribution in [1.82, 2.24) is 10.1 Å². The van der Waals surface area contributed by atoms with E-state index < -0.39 is 50.3 Å². The van der Waals surface area contributed by atoms with Crippen LogP contribution in [-0.4, -0.2) is 50.0 Å². The van der Waals surface area contributed by atoms with Crippen LogP contribution in [0.3, 0.4) is 0 Å². The Morgan fingerprint density at radius 2 is 1.78 bits per heavy atom. The van der Waals surface area contributed by atoms with E-state index in [0.717, 1.165) is 16.2 Å². The Morgan fingerprint density at radius 1 is 1.11 bits per heavy atom. The predicted octanol–water partition coefficient (Wildman–Crippen LogP) is 3.89. The maximum Gasteiger partial charge on any atom is 0.293 e. The van der Waals surface area contributed by atoms with Crippen molar-refractivity contribution in [3.63, 3.8) is 0 Å². The lowest BCUT2D eigenvalue weighted by atomic mass is 10.0. The SMILES string of the molecule is CN(C(=O)c1cc(=O)[nH]o1)C(C(=O)Nc1ccc([Si](C)(C)C)cc1F)c1ccc(COCC(F)F)cc1. The van der Waals surface area contributed by atoms with Crippen LogP contribution in [0.15, 0.2) is 57.8 Å². The molecule has 0 aliphatic heterocycles. The summed E-state index contributed by atoms with van der Waals surface area (Å²) in [6.45, 7) is 5.42. The third kappa shape index (κ3) is 7.20. The van der Waals surface area contributed by atoms with Gasteiger partial charge >= 0.3 is 0 Å². The van der Waals surface area contributed by atoms with E-state index in [0.29, 0.717) is 11.1 Å². The van der Waals surface area contributed by atoms with Crippen LogP contribution in [0, 0.1) is 5.82 Å². The second-order valence-corrected chi connectivity index (χ2v) is 14.6. The van der Waals surface area contributed by atoms with Crippen molar-refractivity contribution in [1.29, 1.82) is 0 Å². The summed E-state index contributed by atoms with van der Waals surface area (Å²) in [5.74, 6) is -2.40. The summed E-state index contributed by atoms with van der Waals surface area (Å²) in [5.41, 5.74) is 0.239. The molecule has 2 N–H and O–H groups in total. The molecule has 0 saturated heterocycles. The van der Waals surface area contributed by atoms with Crippen molar-refractivity contribution >= 4 is 30.8 Å². The summed E-state index contributed by atoms with van der Waals surface area (Å²) in [7, 11) is -0.451. The van der Waals surface area contributed by atoms with Gasteiger partial charge in [0.15, 0.2) is 0 Å².